The van der Waals surface area contributed by atoms with Crippen molar-refractivity contribution in [1.82, 2.24) is 4.98 Å². The van der Waals surface area contributed by atoms with E-state index in [1.54, 1.807) is 36.7 Å². The van der Waals surface area contributed by atoms with Gasteiger partial charge in [-0.05, 0) is 18.2 Å². The lowest BCUT2D eigenvalue weighted by atomic mass is 10.0. The summed E-state index contributed by atoms with van der Waals surface area (Å²) < 4.78 is 15.8. The minimum Gasteiger partial charge on any atom is -0.493 e. The molecule has 7 heteroatoms. The molecule has 0 saturated heterocycles. The Morgan fingerprint density at radius 1 is 1.29 bits per heavy atom. The number of ether oxygens (including phenoxy) is 3. The molecule has 0 fully saturated rings. The quantitative estimate of drug-likeness (QED) is 0.848. The molecule has 0 radical (unpaired) electrons. The lowest BCUT2D eigenvalue weighted by Crippen LogP contribution is -2.15. The molecule has 1 amide bonds. The molecule has 2 heterocycles. The molecule has 2 aromatic rings. The number of rotatable bonds is 5. The van der Waals surface area contributed by atoms with E-state index in [0.717, 1.165) is 0 Å². The van der Waals surface area contributed by atoms with Gasteiger partial charge in [-0.15, -0.1) is 0 Å². The number of nitrogens with one attached hydrogen (secondary N) is 1. The third-order valence-corrected chi connectivity index (χ3v) is 3.69. The van der Waals surface area contributed by atoms with Crippen molar-refractivity contribution in [3.63, 3.8) is 0 Å². The number of nitrogens with zero attached hydrogens (tertiary/aromatic N) is 1. The molecule has 1 aliphatic rings. The highest BCUT2D eigenvalue weighted by Gasteiger charge is 2.36. The maximum Gasteiger partial charge on any atom is 0.343 e. The second kappa shape index (κ2) is 6.57. The van der Waals surface area contributed by atoms with Crippen LogP contribution in [0.4, 0.5) is 5.69 Å². The maximum absolute atomic E-state index is 12.2. The normalized spacial score (nSPS) is 15.4. The third-order valence-electron chi connectivity index (χ3n) is 3.69. The third kappa shape index (κ3) is 2.88. The highest BCUT2D eigenvalue weighted by molar-refractivity contribution is 5.99. The van der Waals surface area contributed by atoms with E-state index in [1.165, 1.54) is 14.2 Å². The molecule has 1 N–H and O–H groups in total. The molecule has 0 saturated carbocycles. The molecule has 3 rings (SSSR count). The van der Waals surface area contributed by atoms with Gasteiger partial charge in [0, 0.05) is 11.8 Å². The SMILES string of the molecule is COc1ccc2c(c1OC)C(=O)O[C@H]2CC(=O)Nc1cccnc1. The Bertz CT molecular complexity index is 776. The highest BCUT2D eigenvalue weighted by Crippen LogP contribution is 2.42. The van der Waals surface area contributed by atoms with Crippen LogP contribution in [0.3, 0.4) is 0 Å². The van der Waals surface area contributed by atoms with E-state index in [2.05, 4.69) is 10.3 Å². The van der Waals surface area contributed by atoms with E-state index in [9.17, 15) is 9.59 Å². The van der Waals surface area contributed by atoms with Crippen LogP contribution in [0.2, 0.25) is 0 Å². The largest absolute Gasteiger partial charge is 0.493 e. The van der Waals surface area contributed by atoms with Crippen LogP contribution >= 0.6 is 0 Å². The lowest BCUT2D eigenvalue weighted by Gasteiger charge is -2.12. The van der Waals surface area contributed by atoms with Gasteiger partial charge >= 0.3 is 5.97 Å². The van der Waals surface area contributed by atoms with Crippen molar-refractivity contribution in [3.05, 3.63) is 47.8 Å². The number of anilines is 1. The van der Waals surface area contributed by atoms with Crippen molar-refractivity contribution in [1.29, 1.82) is 0 Å². The van der Waals surface area contributed by atoms with Crippen LogP contribution in [-0.2, 0) is 9.53 Å². The van der Waals surface area contributed by atoms with Gasteiger partial charge in [0.1, 0.15) is 11.7 Å². The average molecular weight is 328 g/mol. The van der Waals surface area contributed by atoms with Gasteiger partial charge in [-0.1, -0.05) is 6.07 Å². The monoisotopic (exact) mass is 328 g/mol. The Balaban J connectivity index is 1.81. The molecule has 124 valence electrons. The number of pyridine rings is 1. The fourth-order valence-electron chi connectivity index (χ4n) is 2.64. The zero-order chi connectivity index (χ0) is 17.1. The first kappa shape index (κ1) is 15.8. The average Bonchev–Trinajstić information content (AvgIpc) is 2.90. The fraction of sp³-hybridized carbons (Fsp3) is 0.235. The minimum atomic E-state index is -0.663. The van der Waals surface area contributed by atoms with E-state index in [-0.39, 0.29) is 12.3 Å². The van der Waals surface area contributed by atoms with E-state index < -0.39 is 12.1 Å². The van der Waals surface area contributed by atoms with Gasteiger partial charge in [0.2, 0.25) is 5.91 Å². The topological polar surface area (TPSA) is 86.8 Å². The molecule has 0 bridgehead atoms. The van der Waals surface area contributed by atoms with Gasteiger partial charge in [-0.25, -0.2) is 4.79 Å². The summed E-state index contributed by atoms with van der Waals surface area (Å²) in [6.07, 6.45) is 2.50. The molecule has 1 aliphatic heterocycles. The van der Waals surface area contributed by atoms with Crippen molar-refractivity contribution >= 4 is 17.6 Å². The second-order valence-corrected chi connectivity index (χ2v) is 5.15. The summed E-state index contributed by atoms with van der Waals surface area (Å²) in [7, 11) is 2.94. The number of methoxy groups -OCH3 is 2. The number of carbonyl (C=O) groups is 2. The van der Waals surface area contributed by atoms with Gasteiger partial charge in [-0.3, -0.25) is 9.78 Å². The number of cyclic esters (lactones) is 1. The number of fused-ring (bicyclic) bond motifs is 1. The highest BCUT2D eigenvalue weighted by atomic mass is 16.6. The number of hydrogen-bond acceptors (Lipinski definition) is 6. The molecule has 7 nitrogen and oxygen atoms in total. The van der Waals surface area contributed by atoms with Crippen LogP contribution in [-0.4, -0.2) is 31.1 Å². The predicted molar refractivity (Wildman–Crippen MR) is 85.2 cm³/mol. The Labute approximate surface area is 138 Å². The van der Waals surface area contributed by atoms with Crippen LogP contribution in [0.1, 0.15) is 28.4 Å². The molecule has 1 aromatic carbocycles. The maximum atomic E-state index is 12.2. The van der Waals surface area contributed by atoms with E-state index in [0.29, 0.717) is 28.3 Å². The summed E-state index contributed by atoms with van der Waals surface area (Å²) in [5.41, 5.74) is 1.49. The molecule has 0 spiro atoms. The van der Waals surface area contributed by atoms with E-state index in [1.807, 2.05) is 0 Å². The zero-order valence-electron chi connectivity index (χ0n) is 13.2. The van der Waals surface area contributed by atoms with Crippen molar-refractivity contribution in [2.75, 3.05) is 19.5 Å². The van der Waals surface area contributed by atoms with Crippen LogP contribution in [0.25, 0.3) is 0 Å². The lowest BCUT2D eigenvalue weighted by molar-refractivity contribution is -0.118. The van der Waals surface area contributed by atoms with Crippen LogP contribution in [0, 0.1) is 0 Å². The van der Waals surface area contributed by atoms with Gasteiger partial charge < -0.3 is 19.5 Å². The number of hydrogen-bond donors (Lipinski definition) is 1. The number of amides is 1. The van der Waals surface area contributed by atoms with Gasteiger partial charge in [0.15, 0.2) is 11.5 Å². The second-order valence-electron chi connectivity index (χ2n) is 5.15. The summed E-state index contributed by atoms with van der Waals surface area (Å²) in [6.45, 7) is 0. The summed E-state index contributed by atoms with van der Waals surface area (Å²) >= 11 is 0. The summed E-state index contributed by atoms with van der Waals surface area (Å²) in [4.78, 5) is 28.3. The molecule has 0 aliphatic carbocycles. The van der Waals surface area contributed by atoms with Crippen molar-refractivity contribution in [3.8, 4) is 11.5 Å². The Hall–Kier alpha value is -3.09. The first-order valence-electron chi connectivity index (χ1n) is 7.29. The van der Waals surface area contributed by atoms with Crippen molar-refractivity contribution < 1.29 is 23.8 Å². The number of aromatic nitrogens is 1. The molecule has 0 unspecified atom stereocenters. The summed E-state index contributed by atoms with van der Waals surface area (Å²) in [6, 6.07) is 6.85. The van der Waals surface area contributed by atoms with Crippen LogP contribution < -0.4 is 14.8 Å². The Morgan fingerprint density at radius 2 is 2.12 bits per heavy atom. The molecular formula is C17H16N2O5. The first-order valence-corrected chi connectivity index (χ1v) is 7.29. The number of carbonyl (C=O) groups excluding carboxylic acids is 2. The standard InChI is InChI=1S/C17H16N2O5/c1-22-12-6-5-11-13(24-17(21)15(11)16(12)23-2)8-14(20)19-10-4-3-7-18-9-10/h3-7,9,13H,8H2,1-2H3,(H,19,20)/t13-/m0/s1. The summed E-state index contributed by atoms with van der Waals surface area (Å²) in [5.74, 6) is -0.0489. The molecule has 24 heavy (non-hydrogen) atoms. The van der Waals surface area contributed by atoms with E-state index in [4.69, 9.17) is 14.2 Å². The number of esters is 1. The Kier molecular flexibility index (Phi) is 4.33. The first-order chi connectivity index (χ1) is 11.6. The van der Waals surface area contributed by atoms with E-state index >= 15 is 0 Å². The minimum absolute atomic E-state index is 0.00309. The summed E-state index contributed by atoms with van der Waals surface area (Å²) in [5, 5.41) is 2.72. The van der Waals surface area contributed by atoms with Crippen LogP contribution in [0.15, 0.2) is 36.7 Å². The zero-order valence-corrected chi connectivity index (χ0v) is 13.2. The van der Waals surface area contributed by atoms with Gasteiger partial charge in [0.05, 0.1) is 32.5 Å². The number of benzene rings is 1. The van der Waals surface area contributed by atoms with Crippen LogP contribution in [0.5, 0.6) is 11.5 Å². The van der Waals surface area contributed by atoms with Crippen molar-refractivity contribution in [2.24, 2.45) is 0 Å². The fourth-order valence-corrected chi connectivity index (χ4v) is 2.64. The van der Waals surface area contributed by atoms with Crippen molar-refractivity contribution in [2.45, 2.75) is 12.5 Å². The van der Waals surface area contributed by atoms with Gasteiger partial charge in [0.25, 0.3) is 0 Å². The molecular weight excluding hydrogens is 312 g/mol. The molecule has 1 atom stereocenters. The Morgan fingerprint density at radius 3 is 2.79 bits per heavy atom. The predicted octanol–water partition coefficient (Wildman–Crippen LogP) is 2.34. The smallest absolute Gasteiger partial charge is 0.343 e. The van der Waals surface area contributed by atoms with Gasteiger partial charge in [-0.2, -0.15) is 0 Å². The molecule has 1 aromatic heterocycles.